The lowest BCUT2D eigenvalue weighted by Gasteiger charge is -2.60. The van der Waals surface area contributed by atoms with E-state index in [0.29, 0.717) is 5.41 Å². The van der Waals surface area contributed by atoms with Crippen LogP contribution >= 0.6 is 12.4 Å². The number of hydrogen-bond donors (Lipinski definition) is 2. The van der Waals surface area contributed by atoms with Gasteiger partial charge >= 0.3 is 0 Å². The van der Waals surface area contributed by atoms with E-state index in [1.54, 1.807) is 5.57 Å². The molecule has 4 aliphatic carbocycles. The van der Waals surface area contributed by atoms with Gasteiger partial charge in [-0.1, -0.05) is 65.0 Å². The highest BCUT2D eigenvalue weighted by molar-refractivity contribution is 5.85. The number of aliphatic hydroxyl groups excluding tert-OH is 1. The second kappa shape index (κ2) is 10.7. The zero-order chi connectivity index (χ0) is 23.5. The van der Waals surface area contributed by atoms with Crippen molar-refractivity contribution in [1.29, 1.82) is 0 Å². The molecule has 5 N–H and O–H groups in total. The van der Waals surface area contributed by atoms with Gasteiger partial charge in [0.15, 0.2) is 0 Å². The van der Waals surface area contributed by atoms with Gasteiger partial charge in [0.05, 0.1) is 6.10 Å². The lowest BCUT2D eigenvalue weighted by Crippen LogP contribution is -2.54. The third kappa shape index (κ3) is 5.15. The van der Waals surface area contributed by atoms with Crippen molar-refractivity contribution in [3.8, 4) is 0 Å². The first-order valence-corrected chi connectivity index (χ1v) is 14.1. The van der Waals surface area contributed by atoms with Crippen molar-refractivity contribution in [2.24, 2.45) is 52.1 Å². The van der Waals surface area contributed by atoms with Gasteiger partial charge < -0.3 is 16.3 Å². The van der Waals surface area contributed by atoms with Gasteiger partial charge in [-0.05, 0) is 112 Å². The molecule has 4 aliphatic rings. The van der Waals surface area contributed by atoms with Crippen LogP contribution < -0.4 is 5.73 Å². The van der Waals surface area contributed by atoms with Gasteiger partial charge in [-0.2, -0.15) is 0 Å². The summed E-state index contributed by atoms with van der Waals surface area (Å²) in [6, 6.07) is 0. The van der Waals surface area contributed by atoms with Crippen LogP contribution in [0.25, 0.3) is 0 Å². The molecule has 0 bridgehead atoms. The zero-order valence-electron chi connectivity index (χ0n) is 23.3. The van der Waals surface area contributed by atoms with Crippen LogP contribution in [0.2, 0.25) is 0 Å². The third-order valence-corrected chi connectivity index (χ3v) is 11.2. The molecule has 3 fully saturated rings. The van der Waals surface area contributed by atoms with E-state index in [-0.39, 0.29) is 34.9 Å². The van der Waals surface area contributed by atoms with E-state index in [0.717, 1.165) is 54.8 Å². The molecule has 4 heteroatoms. The van der Waals surface area contributed by atoms with Crippen molar-refractivity contribution in [2.45, 2.75) is 131 Å². The highest BCUT2D eigenvalue weighted by Gasteiger charge is 2.60. The van der Waals surface area contributed by atoms with E-state index in [9.17, 15) is 5.11 Å². The first kappa shape index (κ1) is 30.1. The van der Waals surface area contributed by atoms with Crippen molar-refractivity contribution < 1.29 is 10.6 Å². The number of fused-ring (bicyclic) bond motifs is 5. The molecule has 200 valence electrons. The maximum atomic E-state index is 10.6. The van der Waals surface area contributed by atoms with Crippen molar-refractivity contribution in [1.82, 2.24) is 0 Å². The predicted octanol–water partition coefficient (Wildman–Crippen LogP) is 7.09. The van der Waals surface area contributed by atoms with Gasteiger partial charge in [0.25, 0.3) is 0 Å². The quantitative estimate of drug-likeness (QED) is 0.384. The summed E-state index contributed by atoms with van der Waals surface area (Å²) in [4.78, 5) is 0. The van der Waals surface area contributed by atoms with Gasteiger partial charge in [-0.15, -0.1) is 12.4 Å². The van der Waals surface area contributed by atoms with Crippen molar-refractivity contribution >= 4 is 12.4 Å². The van der Waals surface area contributed by atoms with Crippen LogP contribution in [-0.4, -0.2) is 22.2 Å². The van der Waals surface area contributed by atoms with Crippen LogP contribution in [0.3, 0.4) is 0 Å². The molecule has 0 saturated heterocycles. The normalized spacial score (nSPS) is 40.6. The number of aliphatic hydroxyl groups is 1. The molecule has 3 saturated carbocycles. The Morgan fingerprint density at radius 3 is 2.26 bits per heavy atom. The molecule has 0 aromatic heterocycles. The Balaban J connectivity index is 0.00000204. The first-order chi connectivity index (χ1) is 14.9. The Morgan fingerprint density at radius 1 is 0.971 bits per heavy atom. The Bertz CT molecular complexity index is 728. The fourth-order valence-corrected chi connectivity index (χ4v) is 9.46. The monoisotopic (exact) mass is 497 g/mol. The second-order valence-corrected chi connectivity index (χ2v) is 14.1. The van der Waals surface area contributed by atoms with Crippen LogP contribution in [-0.2, 0) is 0 Å². The average Bonchev–Trinajstić information content (AvgIpc) is 3.04. The summed E-state index contributed by atoms with van der Waals surface area (Å²) in [6.45, 7) is 17.0. The molecule has 0 amide bonds. The minimum atomic E-state index is -0.269. The molecule has 0 aromatic carbocycles. The van der Waals surface area contributed by atoms with Gasteiger partial charge in [-0.25, -0.2) is 0 Å². The summed E-state index contributed by atoms with van der Waals surface area (Å²) < 4.78 is 0. The van der Waals surface area contributed by atoms with Gasteiger partial charge in [-0.3, -0.25) is 0 Å². The molecule has 8 atom stereocenters. The molecule has 0 radical (unpaired) electrons. The Kier molecular flexibility index (Phi) is 9.50. The fourth-order valence-electron chi connectivity index (χ4n) is 9.46. The smallest absolute Gasteiger partial charge is 0.0578 e. The molecular formula is C30H56ClNO2. The predicted molar refractivity (Wildman–Crippen MR) is 147 cm³/mol. The van der Waals surface area contributed by atoms with Crippen LogP contribution in [0, 0.1) is 46.3 Å². The van der Waals surface area contributed by atoms with Gasteiger partial charge in [0.1, 0.15) is 0 Å². The van der Waals surface area contributed by atoms with E-state index < -0.39 is 0 Å². The highest BCUT2D eigenvalue weighted by Crippen LogP contribution is 2.68. The highest BCUT2D eigenvalue weighted by atomic mass is 35.5. The number of halogens is 1. The molecule has 0 aliphatic heterocycles. The number of nitrogens with two attached hydrogens (primary N) is 1. The lowest BCUT2D eigenvalue weighted by molar-refractivity contribution is -0.0613. The lowest BCUT2D eigenvalue weighted by atomic mass is 9.45. The van der Waals surface area contributed by atoms with Crippen LogP contribution in [0.4, 0.5) is 0 Å². The Hall–Kier alpha value is -0.0900. The zero-order valence-corrected chi connectivity index (χ0v) is 24.1. The van der Waals surface area contributed by atoms with Crippen LogP contribution in [0.5, 0.6) is 0 Å². The largest absolute Gasteiger partial charge is 0.412 e. The summed E-state index contributed by atoms with van der Waals surface area (Å²) in [5, 5.41) is 10.6. The topological polar surface area (TPSA) is 77.8 Å². The van der Waals surface area contributed by atoms with Gasteiger partial charge in [0.2, 0.25) is 0 Å². The average molecular weight is 498 g/mol. The SMILES string of the molecule is CC(C)CCC[C@@H](C)[C@H]1CC[C@H]2[C@@H]3CC(C(C)(C)N)=C4C[C@@H](O)CC[C@]4(C)[C@H]3CC[C@]12C.Cl.O. The maximum absolute atomic E-state index is 10.6. The summed E-state index contributed by atoms with van der Waals surface area (Å²) >= 11 is 0. The van der Waals surface area contributed by atoms with Gasteiger partial charge in [0, 0.05) is 5.54 Å². The van der Waals surface area contributed by atoms with E-state index in [1.807, 2.05) is 0 Å². The molecule has 0 spiro atoms. The van der Waals surface area contributed by atoms with Crippen LogP contribution in [0.15, 0.2) is 11.1 Å². The van der Waals surface area contributed by atoms with E-state index >= 15 is 0 Å². The molecule has 4 rings (SSSR count). The Morgan fingerprint density at radius 2 is 1.65 bits per heavy atom. The molecule has 0 aromatic rings. The fraction of sp³-hybridized carbons (Fsp3) is 0.933. The molecule has 0 unspecified atom stereocenters. The first-order valence-electron chi connectivity index (χ1n) is 14.1. The van der Waals surface area contributed by atoms with E-state index in [2.05, 4.69) is 48.5 Å². The second-order valence-electron chi connectivity index (χ2n) is 14.1. The molecule has 34 heavy (non-hydrogen) atoms. The van der Waals surface area contributed by atoms with E-state index in [1.165, 1.54) is 56.9 Å². The summed E-state index contributed by atoms with van der Waals surface area (Å²) in [6.07, 6.45) is 13.9. The third-order valence-electron chi connectivity index (χ3n) is 11.2. The summed E-state index contributed by atoms with van der Waals surface area (Å²) in [5.41, 5.74) is 10.4. The Labute approximate surface area is 216 Å². The van der Waals surface area contributed by atoms with E-state index in [4.69, 9.17) is 5.73 Å². The van der Waals surface area contributed by atoms with Crippen molar-refractivity contribution in [3.05, 3.63) is 11.1 Å². The number of rotatable bonds is 6. The molecule has 0 heterocycles. The van der Waals surface area contributed by atoms with Crippen molar-refractivity contribution in [2.75, 3.05) is 0 Å². The maximum Gasteiger partial charge on any atom is 0.0578 e. The molecular weight excluding hydrogens is 442 g/mol. The summed E-state index contributed by atoms with van der Waals surface area (Å²) in [7, 11) is 0. The minimum Gasteiger partial charge on any atom is -0.412 e. The molecule has 3 nitrogen and oxygen atoms in total. The van der Waals surface area contributed by atoms with Crippen LogP contribution in [0.1, 0.15) is 119 Å². The number of hydrogen-bond acceptors (Lipinski definition) is 2. The summed E-state index contributed by atoms with van der Waals surface area (Å²) in [5.74, 6) is 5.05. The minimum absolute atomic E-state index is 0. The van der Waals surface area contributed by atoms with Crippen molar-refractivity contribution in [3.63, 3.8) is 0 Å². The standard InChI is InChI=1S/C30H53NO.ClH.H2O/c1-19(2)9-8-10-20(3)23-11-12-24-22-18-26(28(4,5)31)27-17-21(32)13-15-30(27,7)25(22)14-16-29(23,24)6;;/h19-25,32H,8-18,31H2,1-7H3;1H;1H2/t20-,21+,22+,23-,24+,25+,29-,30-;;/m1../s1.